The minimum absolute atomic E-state index is 0.115. The second kappa shape index (κ2) is 12.6. The van der Waals surface area contributed by atoms with Crippen LogP contribution in [0, 0.1) is 5.82 Å². The summed E-state index contributed by atoms with van der Waals surface area (Å²) < 4.78 is 21.3. The number of anilines is 2. The van der Waals surface area contributed by atoms with Crippen molar-refractivity contribution in [2.75, 3.05) is 18.4 Å². The van der Waals surface area contributed by atoms with Crippen molar-refractivity contribution >= 4 is 40.0 Å². The highest BCUT2D eigenvalue weighted by atomic mass is 35.5. The van der Waals surface area contributed by atoms with Gasteiger partial charge >= 0.3 is 0 Å². The van der Waals surface area contributed by atoms with Crippen molar-refractivity contribution in [1.29, 1.82) is 0 Å². The van der Waals surface area contributed by atoms with Crippen LogP contribution in [0.2, 0.25) is 5.02 Å². The van der Waals surface area contributed by atoms with Gasteiger partial charge in [0, 0.05) is 30.5 Å². The number of halogens is 2. The van der Waals surface area contributed by atoms with Gasteiger partial charge in [0.15, 0.2) is 5.82 Å². The number of carbonyl (C=O) groups excluding carboxylic acids is 1. The van der Waals surface area contributed by atoms with E-state index in [9.17, 15) is 9.18 Å². The number of fused-ring (bicyclic) bond motifs is 1. The first-order valence-electron chi connectivity index (χ1n) is 12.8. The van der Waals surface area contributed by atoms with Gasteiger partial charge in [-0.15, -0.1) is 0 Å². The fourth-order valence-electron chi connectivity index (χ4n) is 4.24. The number of nitrogens with zero attached hydrogens (tertiary/aromatic N) is 3. The number of nitrogens with two attached hydrogens (primary N) is 1. The third-order valence-corrected chi connectivity index (χ3v) is 6.56. The molecule has 1 amide bonds. The first-order valence-corrected chi connectivity index (χ1v) is 13.2. The lowest BCUT2D eigenvalue weighted by molar-refractivity contribution is 0.0953. The zero-order valence-electron chi connectivity index (χ0n) is 21.6. The largest absolute Gasteiger partial charge is 0.487 e. The molecule has 0 radical (unpaired) electrons. The summed E-state index contributed by atoms with van der Waals surface area (Å²) in [5.74, 6) is 0.682. The number of rotatable bonds is 11. The van der Waals surface area contributed by atoms with Crippen LogP contribution in [0.5, 0.6) is 5.75 Å². The summed E-state index contributed by atoms with van der Waals surface area (Å²) in [6, 6.07) is 21.0. The molecule has 0 saturated heterocycles. The lowest BCUT2D eigenvalue weighted by atomic mass is 10.1. The Labute approximate surface area is 236 Å². The molecule has 204 valence electrons. The van der Waals surface area contributed by atoms with Crippen molar-refractivity contribution in [2.45, 2.75) is 19.6 Å². The first kappa shape index (κ1) is 27.1. The van der Waals surface area contributed by atoms with E-state index >= 15 is 0 Å². The lowest BCUT2D eigenvalue weighted by Crippen LogP contribution is -2.25. The molecule has 4 N–H and O–H groups in total. The van der Waals surface area contributed by atoms with Crippen LogP contribution in [0.4, 0.5) is 15.9 Å². The second-order valence-electron chi connectivity index (χ2n) is 9.18. The third-order valence-electron chi connectivity index (χ3n) is 6.26. The quantitative estimate of drug-likeness (QED) is 0.180. The van der Waals surface area contributed by atoms with Crippen LogP contribution in [-0.4, -0.2) is 33.5 Å². The molecule has 2 heterocycles. The van der Waals surface area contributed by atoms with Gasteiger partial charge in [-0.1, -0.05) is 35.9 Å². The van der Waals surface area contributed by atoms with Crippen LogP contribution in [0.25, 0.3) is 11.0 Å². The highest BCUT2D eigenvalue weighted by Crippen LogP contribution is 2.31. The molecule has 40 heavy (non-hydrogen) atoms. The molecule has 0 saturated carbocycles. The van der Waals surface area contributed by atoms with Crippen LogP contribution >= 0.6 is 11.6 Å². The maximum atomic E-state index is 13.4. The van der Waals surface area contributed by atoms with Crippen molar-refractivity contribution < 1.29 is 13.9 Å². The molecule has 0 bridgehead atoms. The van der Waals surface area contributed by atoms with Crippen molar-refractivity contribution in [2.24, 2.45) is 5.73 Å². The van der Waals surface area contributed by atoms with E-state index in [0.29, 0.717) is 47.4 Å². The number of ether oxygens (including phenoxy) is 1. The molecule has 10 heteroatoms. The maximum absolute atomic E-state index is 13.4. The van der Waals surface area contributed by atoms with E-state index in [0.717, 1.165) is 28.7 Å². The fraction of sp³-hybridized carbons (Fsp3) is 0.167. The van der Waals surface area contributed by atoms with Crippen LogP contribution < -0.4 is 21.1 Å². The monoisotopic (exact) mass is 558 g/mol. The zero-order chi connectivity index (χ0) is 27.9. The summed E-state index contributed by atoms with van der Waals surface area (Å²) in [5.41, 5.74) is 10.2. The smallest absolute Gasteiger partial charge is 0.251 e. The van der Waals surface area contributed by atoms with E-state index in [1.54, 1.807) is 24.3 Å². The molecule has 0 aliphatic heterocycles. The molecule has 0 aliphatic rings. The van der Waals surface area contributed by atoms with Gasteiger partial charge < -0.3 is 25.7 Å². The molecule has 8 nitrogen and oxygen atoms in total. The number of amides is 1. The molecular formula is C30H28ClFN6O2. The molecule has 0 aliphatic carbocycles. The summed E-state index contributed by atoms with van der Waals surface area (Å²) >= 11 is 6.49. The number of hydrogen-bond donors (Lipinski definition) is 3. The Morgan fingerprint density at radius 1 is 1.02 bits per heavy atom. The van der Waals surface area contributed by atoms with Gasteiger partial charge in [0.2, 0.25) is 0 Å². The Morgan fingerprint density at radius 2 is 1.88 bits per heavy atom. The van der Waals surface area contributed by atoms with Crippen molar-refractivity contribution in [3.63, 3.8) is 0 Å². The van der Waals surface area contributed by atoms with Gasteiger partial charge in [-0.3, -0.25) is 4.79 Å². The van der Waals surface area contributed by atoms with Crippen LogP contribution in [0.15, 0.2) is 85.3 Å². The number of nitrogens with one attached hydrogen (secondary N) is 2. The van der Waals surface area contributed by atoms with Gasteiger partial charge in [-0.2, -0.15) is 0 Å². The van der Waals surface area contributed by atoms with E-state index in [4.69, 9.17) is 22.1 Å². The minimum atomic E-state index is -0.314. The van der Waals surface area contributed by atoms with Gasteiger partial charge in [0.25, 0.3) is 5.91 Å². The van der Waals surface area contributed by atoms with E-state index in [1.807, 2.05) is 47.2 Å². The maximum Gasteiger partial charge on any atom is 0.251 e. The fourth-order valence-corrected chi connectivity index (χ4v) is 4.48. The van der Waals surface area contributed by atoms with Gasteiger partial charge in [0.05, 0.1) is 10.5 Å². The summed E-state index contributed by atoms with van der Waals surface area (Å²) in [4.78, 5) is 21.2. The molecule has 2 aromatic heterocycles. The average molecular weight is 559 g/mol. The Kier molecular flexibility index (Phi) is 8.53. The minimum Gasteiger partial charge on any atom is -0.487 e. The Bertz CT molecular complexity index is 1620. The Balaban J connectivity index is 1.29. The molecule has 0 spiro atoms. The van der Waals surface area contributed by atoms with Crippen LogP contribution in [0.1, 0.15) is 27.9 Å². The SMILES string of the molecule is NCCCNC(=O)c1ccc(Cn2ccc3ncnc(Nc4ccc(OCc5cccc(F)c5)c(Cl)c4)c32)cc1. The van der Waals surface area contributed by atoms with E-state index in [-0.39, 0.29) is 18.3 Å². The highest BCUT2D eigenvalue weighted by molar-refractivity contribution is 6.32. The van der Waals surface area contributed by atoms with Crippen LogP contribution in [0.3, 0.4) is 0 Å². The van der Waals surface area contributed by atoms with E-state index in [1.165, 1.54) is 18.5 Å². The number of carbonyl (C=O) groups is 1. The number of aromatic nitrogens is 3. The predicted molar refractivity (Wildman–Crippen MR) is 155 cm³/mol. The van der Waals surface area contributed by atoms with Crippen LogP contribution in [-0.2, 0) is 13.2 Å². The highest BCUT2D eigenvalue weighted by Gasteiger charge is 2.12. The summed E-state index contributed by atoms with van der Waals surface area (Å²) in [6.45, 7) is 1.85. The third kappa shape index (κ3) is 6.56. The van der Waals surface area contributed by atoms with Crippen molar-refractivity contribution in [1.82, 2.24) is 19.9 Å². The lowest BCUT2D eigenvalue weighted by Gasteiger charge is -2.13. The molecular weight excluding hydrogens is 531 g/mol. The standard InChI is InChI=1S/C30H28ClFN6O2/c31-25-16-24(9-10-27(25)40-18-21-3-1-4-23(32)15-21)37-29-28-26(35-19-36-29)11-14-38(28)17-20-5-7-22(8-6-20)30(39)34-13-2-12-33/h1,3-11,14-16,19H,2,12-13,17-18,33H2,(H,34,39)(H,35,36,37). The summed E-state index contributed by atoms with van der Waals surface area (Å²) in [6.07, 6.45) is 4.20. The molecule has 3 aromatic carbocycles. The molecule has 5 aromatic rings. The normalized spacial score (nSPS) is 11.0. The summed E-state index contributed by atoms with van der Waals surface area (Å²) in [7, 11) is 0. The zero-order valence-corrected chi connectivity index (χ0v) is 22.4. The second-order valence-corrected chi connectivity index (χ2v) is 9.59. The van der Waals surface area contributed by atoms with Crippen molar-refractivity contribution in [3.05, 3.63) is 113 Å². The molecule has 0 unspecified atom stereocenters. The molecule has 0 atom stereocenters. The number of hydrogen-bond acceptors (Lipinski definition) is 6. The summed E-state index contributed by atoms with van der Waals surface area (Å²) in [5, 5.41) is 6.61. The topological polar surface area (TPSA) is 107 Å². The van der Waals surface area contributed by atoms with E-state index < -0.39 is 0 Å². The first-order chi connectivity index (χ1) is 19.5. The molecule has 5 rings (SSSR count). The van der Waals surface area contributed by atoms with Gasteiger partial charge in [-0.25, -0.2) is 14.4 Å². The average Bonchev–Trinajstić information content (AvgIpc) is 3.37. The molecule has 0 fully saturated rings. The Hall–Kier alpha value is -4.47. The van der Waals surface area contributed by atoms with Crippen molar-refractivity contribution in [3.8, 4) is 5.75 Å². The number of benzene rings is 3. The van der Waals surface area contributed by atoms with E-state index in [2.05, 4.69) is 20.6 Å². The van der Waals surface area contributed by atoms with Gasteiger partial charge in [0.1, 0.15) is 30.0 Å². The Morgan fingerprint density at radius 3 is 2.65 bits per heavy atom. The predicted octanol–water partition coefficient (Wildman–Crippen LogP) is 5.67. The van der Waals surface area contributed by atoms with Gasteiger partial charge in [-0.05, 0) is 72.6 Å².